The number of hydrogen-bond donors (Lipinski definition) is 1. The molecule has 7 nitrogen and oxygen atoms in total. The summed E-state index contributed by atoms with van der Waals surface area (Å²) in [4.78, 5) is 11.9. The molecule has 0 spiro atoms. The highest BCUT2D eigenvalue weighted by molar-refractivity contribution is 7.91. The molecule has 0 aliphatic carbocycles. The third-order valence-corrected chi connectivity index (χ3v) is 5.05. The van der Waals surface area contributed by atoms with Crippen LogP contribution in [0.5, 0.6) is 0 Å². The van der Waals surface area contributed by atoms with Crippen molar-refractivity contribution in [2.75, 3.05) is 31.8 Å². The summed E-state index contributed by atoms with van der Waals surface area (Å²) >= 11 is 0. The fourth-order valence-electron chi connectivity index (χ4n) is 2.29. The molecule has 1 aliphatic heterocycles. The van der Waals surface area contributed by atoms with Crippen LogP contribution in [-0.2, 0) is 14.6 Å². The van der Waals surface area contributed by atoms with Crippen LogP contribution in [0.25, 0.3) is 0 Å². The minimum absolute atomic E-state index is 0.0975. The van der Waals surface area contributed by atoms with Crippen LogP contribution in [0, 0.1) is 6.92 Å². The molecule has 8 heteroatoms. The number of carbonyl (C=O) groups excluding carboxylic acids is 1. The molecule has 20 heavy (non-hydrogen) atoms. The summed E-state index contributed by atoms with van der Waals surface area (Å²) in [6.07, 6.45) is 0.551. The smallest absolute Gasteiger partial charge is 0.271 e. The van der Waals surface area contributed by atoms with E-state index in [0.717, 1.165) is 5.69 Å². The molecule has 0 saturated carbocycles. The second kappa shape index (κ2) is 5.92. The number of sulfone groups is 1. The number of ether oxygens (including phenoxy) is 1. The number of methoxy groups -OCH3 is 1. The van der Waals surface area contributed by atoms with Crippen LogP contribution >= 0.6 is 0 Å². The highest BCUT2D eigenvalue weighted by Crippen LogP contribution is 2.24. The number of aryl methyl sites for hydroxylation is 1. The van der Waals surface area contributed by atoms with Crippen molar-refractivity contribution in [3.05, 3.63) is 17.5 Å². The summed E-state index contributed by atoms with van der Waals surface area (Å²) in [5.74, 6) is 0.0109. The Kier molecular flexibility index (Phi) is 4.44. The Morgan fingerprint density at radius 2 is 2.35 bits per heavy atom. The molecule has 1 atom stereocenters. The van der Waals surface area contributed by atoms with E-state index in [9.17, 15) is 13.2 Å². The predicted octanol–water partition coefficient (Wildman–Crippen LogP) is -0.0727. The number of hydrogen-bond acceptors (Lipinski definition) is 5. The summed E-state index contributed by atoms with van der Waals surface area (Å²) in [5, 5.41) is 6.92. The number of carbonyl (C=O) groups is 1. The maximum atomic E-state index is 11.9. The van der Waals surface area contributed by atoms with Gasteiger partial charge in [0.15, 0.2) is 9.84 Å². The maximum absolute atomic E-state index is 11.9. The summed E-state index contributed by atoms with van der Waals surface area (Å²) in [7, 11) is -1.41. The zero-order valence-corrected chi connectivity index (χ0v) is 12.4. The van der Waals surface area contributed by atoms with Crippen LogP contribution < -0.4 is 5.32 Å². The minimum Gasteiger partial charge on any atom is -0.383 e. The summed E-state index contributed by atoms with van der Waals surface area (Å²) < 4.78 is 29.5. The maximum Gasteiger partial charge on any atom is 0.271 e. The van der Waals surface area contributed by atoms with Gasteiger partial charge < -0.3 is 10.1 Å². The molecule has 1 aliphatic rings. The third-order valence-electron chi connectivity index (χ3n) is 3.30. The molecule has 1 N–H and O–H groups in total. The average Bonchev–Trinajstić information content (AvgIpc) is 2.92. The van der Waals surface area contributed by atoms with Crippen LogP contribution in [-0.4, -0.2) is 55.9 Å². The van der Waals surface area contributed by atoms with Gasteiger partial charge in [0.05, 0.1) is 24.2 Å². The van der Waals surface area contributed by atoms with E-state index in [1.54, 1.807) is 17.9 Å². The molecule has 1 aromatic rings. The van der Waals surface area contributed by atoms with Crippen molar-refractivity contribution in [3.8, 4) is 0 Å². The fraction of sp³-hybridized carbons (Fsp3) is 0.667. The number of nitrogens with one attached hydrogen (secondary N) is 1. The molecular formula is C12H19N3O4S. The lowest BCUT2D eigenvalue weighted by Crippen LogP contribution is -2.27. The standard InChI is InChI=1S/C12H19N3O4S/c1-9-7-11(12(16)13-4-5-19-2)14-15(9)10-3-6-20(17,18)8-10/h7,10H,3-6,8H2,1-2H3,(H,13,16). The average molecular weight is 301 g/mol. The van der Waals surface area contributed by atoms with E-state index in [0.29, 0.717) is 25.3 Å². The normalized spacial score (nSPS) is 21.0. The van der Waals surface area contributed by atoms with Crippen molar-refractivity contribution in [2.45, 2.75) is 19.4 Å². The van der Waals surface area contributed by atoms with Gasteiger partial charge in [-0.15, -0.1) is 0 Å². The monoisotopic (exact) mass is 301 g/mol. The summed E-state index contributed by atoms with van der Waals surface area (Å²) in [6.45, 7) is 2.68. The van der Waals surface area contributed by atoms with Crippen LogP contribution in [0.3, 0.4) is 0 Å². The van der Waals surface area contributed by atoms with E-state index in [1.165, 1.54) is 0 Å². The van der Waals surface area contributed by atoms with Gasteiger partial charge in [-0.3, -0.25) is 9.48 Å². The van der Waals surface area contributed by atoms with Gasteiger partial charge in [0, 0.05) is 19.3 Å². The first-order chi connectivity index (χ1) is 9.43. The molecule has 1 amide bonds. The number of nitrogens with zero attached hydrogens (tertiary/aromatic N) is 2. The van der Waals surface area contributed by atoms with Gasteiger partial charge in [-0.2, -0.15) is 5.10 Å². The van der Waals surface area contributed by atoms with Crippen molar-refractivity contribution in [1.82, 2.24) is 15.1 Å². The Labute approximate surface area is 118 Å². The number of aromatic nitrogens is 2. The van der Waals surface area contributed by atoms with E-state index < -0.39 is 9.84 Å². The Bertz CT molecular complexity index is 594. The largest absolute Gasteiger partial charge is 0.383 e. The van der Waals surface area contributed by atoms with Crippen molar-refractivity contribution in [2.24, 2.45) is 0 Å². The Morgan fingerprint density at radius 1 is 1.60 bits per heavy atom. The van der Waals surface area contributed by atoms with Crippen molar-refractivity contribution >= 4 is 15.7 Å². The lowest BCUT2D eigenvalue weighted by molar-refractivity contribution is 0.0931. The van der Waals surface area contributed by atoms with Gasteiger partial charge in [0.2, 0.25) is 0 Å². The molecule has 0 radical (unpaired) electrons. The SMILES string of the molecule is COCCNC(=O)c1cc(C)n(C2CCS(=O)(=O)C2)n1. The van der Waals surface area contributed by atoms with E-state index >= 15 is 0 Å². The van der Waals surface area contributed by atoms with E-state index in [1.807, 2.05) is 6.92 Å². The Morgan fingerprint density at radius 3 is 2.95 bits per heavy atom. The van der Waals surface area contributed by atoms with Crippen LogP contribution in [0.2, 0.25) is 0 Å². The van der Waals surface area contributed by atoms with Crippen molar-refractivity contribution < 1.29 is 17.9 Å². The molecule has 112 valence electrons. The predicted molar refractivity (Wildman–Crippen MR) is 73.5 cm³/mol. The quantitative estimate of drug-likeness (QED) is 0.769. The van der Waals surface area contributed by atoms with E-state index in [2.05, 4.69) is 10.4 Å². The zero-order valence-electron chi connectivity index (χ0n) is 11.6. The van der Waals surface area contributed by atoms with Crippen LogP contribution in [0.15, 0.2) is 6.07 Å². The second-order valence-electron chi connectivity index (χ2n) is 4.92. The molecule has 0 aromatic carbocycles. The third kappa shape index (κ3) is 3.37. The fourth-order valence-corrected chi connectivity index (χ4v) is 3.99. The summed E-state index contributed by atoms with van der Waals surface area (Å²) in [6, 6.07) is 1.51. The second-order valence-corrected chi connectivity index (χ2v) is 7.15. The van der Waals surface area contributed by atoms with Crippen molar-refractivity contribution in [1.29, 1.82) is 0 Å². The van der Waals surface area contributed by atoms with Crippen LogP contribution in [0.1, 0.15) is 28.6 Å². The topological polar surface area (TPSA) is 90.3 Å². The van der Waals surface area contributed by atoms with Gasteiger partial charge >= 0.3 is 0 Å². The molecular weight excluding hydrogens is 282 g/mol. The highest BCUT2D eigenvalue weighted by Gasteiger charge is 2.31. The lowest BCUT2D eigenvalue weighted by atomic mass is 10.2. The van der Waals surface area contributed by atoms with Gasteiger partial charge in [-0.25, -0.2) is 8.42 Å². The first-order valence-corrected chi connectivity index (χ1v) is 8.29. The zero-order chi connectivity index (χ0) is 14.8. The Balaban J connectivity index is 2.08. The summed E-state index contributed by atoms with van der Waals surface area (Å²) in [5.41, 5.74) is 1.10. The first kappa shape index (κ1) is 15.0. The molecule has 2 rings (SSSR count). The highest BCUT2D eigenvalue weighted by atomic mass is 32.2. The van der Waals surface area contributed by atoms with Crippen molar-refractivity contribution in [3.63, 3.8) is 0 Å². The molecule has 1 fully saturated rings. The first-order valence-electron chi connectivity index (χ1n) is 6.46. The minimum atomic E-state index is -2.97. The molecule has 2 heterocycles. The van der Waals surface area contributed by atoms with Gasteiger partial charge in [-0.1, -0.05) is 0 Å². The van der Waals surface area contributed by atoms with Gasteiger partial charge in [-0.05, 0) is 19.4 Å². The van der Waals surface area contributed by atoms with E-state index in [4.69, 9.17) is 4.74 Å². The van der Waals surface area contributed by atoms with Gasteiger partial charge in [0.25, 0.3) is 5.91 Å². The van der Waals surface area contributed by atoms with Crippen LogP contribution in [0.4, 0.5) is 0 Å². The molecule has 1 saturated heterocycles. The molecule has 1 unspecified atom stereocenters. The number of amides is 1. The van der Waals surface area contributed by atoms with Gasteiger partial charge in [0.1, 0.15) is 5.69 Å². The molecule has 0 bridgehead atoms. The Hall–Kier alpha value is -1.41. The molecule has 1 aromatic heterocycles. The number of rotatable bonds is 5. The lowest BCUT2D eigenvalue weighted by Gasteiger charge is -2.10. The van der Waals surface area contributed by atoms with E-state index in [-0.39, 0.29) is 23.5 Å².